The number of aliphatic hydroxyl groups is 1. The molecule has 0 radical (unpaired) electrons. The largest absolute Gasteiger partial charge is 0.384 e. The van der Waals surface area contributed by atoms with Gasteiger partial charge in [0.1, 0.15) is 6.10 Å². The van der Waals surface area contributed by atoms with Crippen molar-refractivity contribution >= 4 is 15.9 Å². The molecule has 1 unspecified atom stereocenters. The zero-order chi connectivity index (χ0) is 14.7. The molecule has 0 fully saturated rings. The van der Waals surface area contributed by atoms with Crippen LogP contribution in [0.4, 0.5) is 0 Å². The fourth-order valence-electron chi connectivity index (χ4n) is 2.41. The van der Waals surface area contributed by atoms with E-state index in [9.17, 15) is 5.11 Å². The first-order chi connectivity index (χ1) is 9.47. The molecule has 2 aromatic carbocycles. The Hall–Kier alpha value is -1.12. The van der Waals surface area contributed by atoms with E-state index in [1.807, 2.05) is 37.3 Å². The molecule has 0 aliphatic rings. The Morgan fingerprint density at radius 2 is 1.85 bits per heavy atom. The van der Waals surface area contributed by atoms with E-state index in [0.717, 1.165) is 27.6 Å². The molecule has 0 spiro atoms. The Bertz CT molecular complexity index is 590. The topological polar surface area (TPSA) is 20.2 Å². The van der Waals surface area contributed by atoms with Crippen LogP contribution < -0.4 is 0 Å². The van der Waals surface area contributed by atoms with Gasteiger partial charge in [-0.3, -0.25) is 0 Å². The Balaban J connectivity index is 2.33. The first-order valence-corrected chi connectivity index (χ1v) is 7.79. The van der Waals surface area contributed by atoms with Crippen molar-refractivity contribution in [1.82, 2.24) is 0 Å². The molecule has 0 bridgehead atoms. The molecule has 1 N–H and O–H groups in total. The third-order valence-electron chi connectivity index (χ3n) is 3.36. The minimum Gasteiger partial charge on any atom is -0.384 e. The summed E-state index contributed by atoms with van der Waals surface area (Å²) >= 11 is 3.53. The molecule has 0 amide bonds. The molecule has 106 valence electrons. The molecule has 0 saturated heterocycles. The number of hydrogen-bond donors (Lipinski definition) is 1. The Morgan fingerprint density at radius 1 is 1.10 bits per heavy atom. The second-order valence-corrected chi connectivity index (χ2v) is 6.62. The zero-order valence-electron chi connectivity index (χ0n) is 12.2. The second kappa shape index (κ2) is 6.55. The van der Waals surface area contributed by atoms with E-state index in [4.69, 9.17) is 0 Å². The first-order valence-electron chi connectivity index (χ1n) is 7.00. The first kappa shape index (κ1) is 15.3. The third kappa shape index (κ3) is 3.71. The lowest BCUT2D eigenvalue weighted by Crippen LogP contribution is -2.03. The molecular formula is C18H21BrO. The number of halogens is 1. The summed E-state index contributed by atoms with van der Waals surface area (Å²) < 4.78 is 0.949. The molecule has 2 heteroatoms. The Labute approximate surface area is 129 Å². The minimum absolute atomic E-state index is 0.587. The number of rotatable bonds is 4. The minimum atomic E-state index is -0.587. The molecule has 2 rings (SSSR count). The fraction of sp³-hybridized carbons (Fsp3) is 0.333. The van der Waals surface area contributed by atoms with E-state index in [2.05, 4.69) is 41.9 Å². The highest BCUT2D eigenvalue weighted by Gasteiger charge is 2.14. The standard InChI is InChI=1S/C18H21BrO/c1-12(2)9-14-5-4-6-15(11-14)18(20)16-10-13(3)7-8-17(16)19/h4-8,10-12,18,20H,9H2,1-3H3. The predicted molar refractivity (Wildman–Crippen MR) is 87.9 cm³/mol. The average Bonchev–Trinajstić information content (AvgIpc) is 2.40. The molecule has 1 atom stereocenters. The van der Waals surface area contributed by atoms with Crippen LogP contribution in [0.2, 0.25) is 0 Å². The van der Waals surface area contributed by atoms with Gasteiger partial charge in [0.05, 0.1) is 0 Å². The van der Waals surface area contributed by atoms with Crippen molar-refractivity contribution in [2.45, 2.75) is 33.3 Å². The van der Waals surface area contributed by atoms with E-state index in [0.29, 0.717) is 5.92 Å². The maximum atomic E-state index is 10.6. The molecule has 20 heavy (non-hydrogen) atoms. The van der Waals surface area contributed by atoms with Gasteiger partial charge in [-0.05, 0) is 42.0 Å². The number of aliphatic hydroxyl groups excluding tert-OH is 1. The maximum absolute atomic E-state index is 10.6. The molecule has 0 aromatic heterocycles. The van der Waals surface area contributed by atoms with Crippen molar-refractivity contribution in [3.05, 3.63) is 69.2 Å². The van der Waals surface area contributed by atoms with Gasteiger partial charge in [-0.25, -0.2) is 0 Å². The van der Waals surface area contributed by atoms with Crippen LogP contribution in [0.1, 0.15) is 42.2 Å². The van der Waals surface area contributed by atoms with Gasteiger partial charge < -0.3 is 5.11 Å². The SMILES string of the molecule is Cc1ccc(Br)c(C(O)c2cccc(CC(C)C)c2)c1. The van der Waals surface area contributed by atoms with E-state index in [1.54, 1.807) is 0 Å². The van der Waals surface area contributed by atoms with Crippen LogP contribution in [-0.4, -0.2) is 5.11 Å². The van der Waals surface area contributed by atoms with Crippen LogP contribution in [0.3, 0.4) is 0 Å². The lowest BCUT2D eigenvalue weighted by Gasteiger charge is -2.15. The summed E-state index contributed by atoms with van der Waals surface area (Å²) in [6, 6.07) is 14.3. The van der Waals surface area contributed by atoms with Crippen molar-refractivity contribution in [1.29, 1.82) is 0 Å². The highest BCUT2D eigenvalue weighted by molar-refractivity contribution is 9.10. The van der Waals surface area contributed by atoms with Crippen LogP contribution >= 0.6 is 15.9 Å². The normalized spacial score (nSPS) is 12.7. The second-order valence-electron chi connectivity index (χ2n) is 5.77. The maximum Gasteiger partial charge on any atom is 0.105 e. The van der Waals surface area contributed by atoms with Crippen LogP contribution in [0.15, 0.2) is 46.9 Å². The molecule has 1 nitrogen and oxygen atoms in total. The average molecular weight is 333 g/mol. The summed E-state index contributed by atoms with van der Waals surface area (Å²) in [4.78, 5) is 0. The van der Waals surface area contributed by atoms with Crippen molar-refractivity contribution in [3.63, 3.8) is 0 Å². The van der Waals surface area contributed by atoms with Gasteiger partial charge in [0.25, 0.3) is 0 Å². The van der Waals surface area contributed by atoms with Gasteiger partial charge >= 0.3 is 0 Å². The van der Waals surface area contributed by atoms with Gasteiger partial charge in [-0.1, -0.05) is 71.7 Å². The van der Waals surface area contributed by atoms with E-state index < -0.39 is 6.10 Å². The Morgan fingerprint density at radius 3 is 2.55 bits per heavy atom. The van der Waals surface area contributed by atoms with Crippen molar-refractivity contribution in [3.8, 4) is 0 Å². The summed E-state index contributed by atoms with van der Waals surface area (Å²) in [7, 11) is 0. The zero-order valence-corrected chi connectivity index (χ0v) is 13.8. The van der Waals surface area contributed by atoms with Crippen LogP contribution in [-0.2, 0) is 6.42 Å². The summed E-state index contributed by atoms with van der Waals surface area (Å²) in [5, 5.41) is 10.6. The summed E-state index contributed by atoms with van der Waals surface area (Å²) in [6.45, 7) is 6.46. The van der Waals surface area contributed by atoms with Gasteiger partial charge in [0.2, 0.25) is 0 Å². The van der Waals surface area contributed by atoms with Crippen molar-refractivity contribution in [2.24, 2.45) is 5.92 Å². The lowest BCUT2D eigenvalue weighted by atomic mass is 9.96. The van der Waals surface area contributed by atoms with Crippen LogP contribution in [0.25, 0.3) is 0 Å². The number of aryl methyl sites for hydroxylation is 1. The fourth-order valence-corrected chi connectivity index (χ4v) is 2.88. The van der Waals surface area contributed by atoms with Crippen molar-refractivity contribution in [2.75, 3.05) is 0 Å². The summed E-state index contributed by atoms with van der Waals surface area (Å²) in [5.41, 5.74) is 4.31. The summed E-state index contributed by atoms with van der Waals surface area (Å²) in [5.74, 6) is 0.619. The smallest absolute Gasteiger partial charge is 0.105 e. The van der Waals surface area contributed by atoms with Crippen LogP contribution in [0, 0.1) is 12.8 Å². The van der Waals surface area contributed by atoms with Gasteiger partial charge in [0.15, 0.2) is 0 Å². The molecule has 2 aromatic rings. The van der Waals surface area contributed by atoms with Gasteiger partial charge in [-0.2, -0.15) is 0 Å². The number of hydrogen-bond acceptors (Lipinski definition) is 1. The molecular weight excluding hydrogens is 312 g/mol. The molecule has 0 heterocycles. The lowest BCUT2D eigenvalue weighted by molar-refractivity contribution is 0.219. The number of benzene rings is 2. The van der Waals surface area contributed by atoms with E-state index in [1.165, 1.54) is 5.56 Å². The highest BCUT2D eigenvalue weighted by Crippen LogP contribution is 2.30. The van der Waals surface area contributed by atoms with E-state index in [-0.39, 0.29) is 0 Å². The van der Waals surface area contributed by atoms with E-state index >= 15 is 0 Å². The highest BCUT2D eigenvalue weighted by atomic mass is 79.9. The van der Waals surface area contributed by atoms with Crippen LogP contribution in [0.5, 0.6) is 0 Å². The molecule has 0 aliphatic carbocycles. The van der Waals surface area contributed by atoms with Gasteiger partial charge in [0, 0.05) is 4.47 Å². The quantitative estimate of drug-likeness (QED) is 0.831. The monoisotopic (exact) mass is 332 g/mol. The predicted octanol–water partition coefficient (Wildman–Crippen LogP) is 5.04. The summed E-state index contributed by atoms with van der Waals surface area (Å²) in [6.07, 6.45) is 0.451. The van der Waals surface area contributed by atoms with Gasteiger partial charge in [-0.15, -0.1) is 0 Å². The molecule has 0 aliphatic heterocycles. The van der Waals surface area contributed by atoms with Crippen molar-refractivity contribution < 1.29 is 5.11 Å². The third-order valence-corrected chi connectivity index (χ3v) is 4.08. The molecule has 0 saturated carbocycles. The Kier molecular flexibility index (Phi) is 5.00.